The van der Waals surface area contributed by atoms with Gasteiger partial charge in [-0.05, 0) is 18.4 Å². The highest BCUT2D eigenvalue weighted by molar-refractivity contribution is 5.73. The van der Waals surface area contributed by atoms with E-state index in [1.165, 1.54) is 0 Å². The van der Waals surface area contributed by atoms with Gasteiger partial charge >= 0.3 is 6.03 Å². The average Bonchev–Trinajstić information content (AvgIpc) is 2.48. The van der Waals surface area contributed by atoms with Gasteiger partial charge in [-0.15, -0.1) is 0 Å². The van der Waals surface area contributed by atoms with Crippen LogP contribution < -0.4 is 10.6 Å². The van der Waals surface area contributed by atoms with Gasteiger partial charge in [0.05, 0.1) is 6.54 Å². The van der Waals surface area contributed by atoms with Crippen molar-refractivity contribution >= 4 is 6.03 Å². The molecule has 0 fully saturated rings. The number of nitrogens with one attached hydrogen (secondary N) is 2. The second-order valence-corrected chi connectivity index (χ2v) is 4.53. The second kappa shape index (κ2) is 7.79. The number of carbonyl (C=O) groups is 1. The van der Waals surface area contributed by atoms with Crippen LogP contribution in [-0.4, -0.2) is 26.2 Å². The van der Waals surface area contributed by atoms with E-state index in [-0.39, 0.29) is 6.03 Å². The summed E-state index contributed by atoms with van der Waals surface area (Å²) < 4.78 is 5.69. The van der Waals surface area contributed by atoms with Gasteiger partial charge in [-0.25, -0.2) is 4.79 Å². The molecular formula is C15H24N2O2. The molecular weight excluding hydrogens is 240 g/mol. The van der Waals surface area contributed by atoms with Crippen LogP contribution in [0.15, 0.2) is 30.3 Å². The molecule has 1 rings (SSSR count). The third-order valence-electron chi connectivity index (χ3n) is 3.33. The number of urea groups is 1. The Morgan fingerprint density at radius 3 is 2.42 bits per heavy atom. The summed E-state index contributed by atoms with van der Waals surface area (Å²) in [5, 5.41) is 5.68. The first-order valence-electron chi connectivity index (χ1n) is 6.81. The lowest BCUT2D eigenvalue weighted by atomic mass is 9.91. The Hall–Kier alpha value is -1.55. The molecule has 1 atom stereocenters. The molecule has 0 saturated carbocycles. The minimum absolute atomic E-state index is 0.146. The molecule has 0 bridgehead atoms. The van der Waals surface area contributed by atoms with Gasteiger partial charge < -0.3 is 15.4 Å². The average molecular weight is 264 g/mol. The number of hydrogen-bond acceptors (Lipinski definition) is 2. The summed E-state index contributed by atoms with van der Waals surface area (Å²) in [5.74, 6) is 0. The molecule has 0 aliphatic rings. The van der Waals surface area contributed by atoms with Crippen molar-refractivity contribution < 1.29 is 9.53 Å². The van der Waals surface area contributed by atoms with Crippen molar-refractivity contribution in [1.82, 2.24) is 10.6 Å². The Bertz CT molecular complexity index is 375. The highest BCUT2D eigenvalue weighted by Crippen LogP contribution is 2.27. The first-order chi connectivity index (χ1) is 9.18. The molecule has 1 unspecified atom stereocenters. The van der Waals surface area contributed by atoms with Crippen LogP contribution in [0.25, 0.3) is 0 Å². The van der Waals surface area contributed by atoms with Gasteiger partial charge in [-0.2, -0.15) is 0 Å². The minimum atomic E-state index is -0.467. The number of benzene rings is 1. The largest absolute Gasteiger partial charge is 0.372 e. The molecule has 106 valence electrons. The third-order valence-corrected chi connectivity index (χ3v) is 3.33. The van der Waals surface area contributed by atoms with E-state index in [9.17, 15) is 4.79 Å². The molecule has 1 aromatic rings. The SMILES string of the molecule is CCCNC(=O)NCC(CC)(OC)c1ccccc1. The van der Waals surface area contributed by atoms with E-state index in [1.54, 1.807) is 7.11 Å². The van der Waals surface area contributed by atoms with Gasteiger partial charge in [-0.3, -0.25) is 0 Å². The molecule has 19 heavy (non-hydrogen) atoms. The van der Waals surface area contributed by atoms with Crippen LogP contribution in [0.3, 0.4) is 0 Å². The molecule has 2 N–H and O–H groups in total. The Kier molecular flexibility index (Phi) is 6.36. The van der Waals surface area contributed by atoms with Gasteiger partial charge in [0.25, 0.3) is 0 Å². The van der Waals surface area contributed by atoms with Crippen molar-refractivity contribution in [3.05, 3.63) is 35.9 Å². The summed E-state index contributed by atoms with van der Waals surface area (Å²) in [7, 11) is 1.68. The van der Waals surface area contributed by atoms with Crippen LogP contribution in [-0.2, 0) is 10.3 Å². The van der Waals surface area contributed by atoms with E-state index in [0.29, 0.717) is 13.1 Å². The second-order valence-electron chi connectivity index (χ2n) is 4.53. The number of hydrogen-bond donors (Lipinski definition) is 2. The third kappa shape index (κ3) is 4.24. The van der Waals surface area contributed by atoms with E-state index in [4.69, 9.17) is 4.74 Å². The van der Waals surface area contributed by atoms with Gasteiger partial charge in [0.1, 0.15) is 5.60 Å². The van der Waals surface area contributed by atoms with Crippen molar-refractivity contribution in [3.8, 4) is 0 Å². The Labute approximate surface area is 115 Å². The van der Waals surface area contributed by atoms with Crippen LogP contribution in [0.2, 0.25) is 0 Å². The zero-order chi connectivity index (χ0) is 14.1. The zero-order valence-corrected chi connectivity index (χ0v) is 12.0. The summed E-state index contributed by atoms with van der Waals surface area (Å²) in [5.41, 5.74) is 0.612. The summed E-state index contributed by atoms with van der Waals surface area (Å²) >= 11 is 0. The molecule has 0 aromatic heterocycles. The normalized spacial score (nSPS) is 13.6. The van der Waals surface area contributed by atoms with E-state index in [2.05, 4.69) is 17.6 Å². The lowest BCUT2D eigenvalue weighted by Crippen LogP contribution is -2.45. The van der Waals surface area contributed by atoms with Crippen LogP contribution in [0.4, 0.5) is 4.79 Å². The maximum Gasteiger partial charge on any atom is 0.314 e. The van der Waals surface area contributed by atoms with Gasteiger partial charge in [0, 0.05) is 13.7 Å². The fourth-order valence-corrected chi connectivity index (χ4v) is 2.03. The number of carbonyl (C=O) groups excluding carboxylic acids is 1. The highest BCUT2D eigenvalue weighted by atomic mass is 16.5. The summed E-state index contributed by atoms with van der Waals surface area (Å²) in [4.78, 5) is 11.6. The van der Waals surface area contributed by atoms with Crippen LogP contribution in [0, 0.1) is 0 Å². The van der Waals surface area contributed by atoms with E-state index in [0.717, 1.165) is 18.4 Å². The maximum atomic E-state index is 11.6. The van der Waals surface area contributed by atoms with E-state index >= 15 is 0 Å². The Morgan fingerprint density at radius 1 is 1.21 bits per heavy atom. The fourth-order valence-electron chi connectivity index (χ4n) is 2.03. The molecule has 1 aromatic carbocycles. The lowest BCUT2D eigenvalue weighted by molar-refractivity contribution is -0.0152. The van der Waals surface area contributed by atoms with Crippen molar-refractivity contribution in [2.75, 3.05) is 20.2 Å². The van der Waals surface area contributed by atoms with Crippen LogP contribution in [0.5, 0.6) is 0 Å². The first-order valence-corrected chi connectivity index (χ1v) is 6.81. The number of amides is 2. The Balaban J connectivity index is 2.70. The molecule has 0 aliphatic carbocycles. The topological polar surface area (TPSA) is 50.4 Å². The summed E-state index contributed by atoms with van der Waals surface area (Å²) in [6, 6.07) is 9.84. The van der Waals surface area contributed by atoms with E-state index < -0.39 is 5.60 Å². The zero-order valence-electron chi connectivity index (χ0n) is 12.0. The van der Waals surface area contributed by atoms with Crippen molar-refractivity contribution in [1.29, 1.82) is 0 Å². The summed E-state index contributed by atoms with van der Waals surface area (Å²) in [6.07, 6.45) is 1.72. The molecule has 0 heterocycles. The monoisotopic (exact) mass is 264 g/mol. The minimum Gasteiger partial charge on any atom is -0.372 e. The molecule has 0 aliphatic heterocycles. The van der Waals surface area contributed by atoms with Gasteiger partial charge in [0.15, 0.2) is 0 Å². The lowest BCUT2D eigenvalue weighted by Gasteiger charge is -2.32. The van der Waals surface area contributed by atoms with Crippen LogP contribution >= 0.6 is 0 Å². The molecule has 4 nitrogen and oxygen atoms in total. The molecule has 4 heteroatoms. The summed E-state index contributed by atoms with van der Waals surface area (Å²) in [6.45, 7) is 5.22. The number of rotatable bonds is 7. The number of methoxy groups -OCH3 is 1. The fraction of sp³-hybridized carbons (Fsp3) is 0.533. The standard InChI is InChI=1S/C15H24N2O2/c1-4-11-16-14(18)17-12-15(5-2,19-3)13-9-7-6-8-10-13/h6-10H,4-5,11-12H2,1-3H3,(H2,16,17,18). The Morgan fingerprint density at radius 2 is 1.89 bits per heavy atom. The van der Waals surface area contributed by atoms with Crippen molar-refractivity contribution in [2.24, 2.45) is 0 Å². The number of ether oxygens (including phenoxy) is 1. The smallest absolute Gasteiger partial charge is 0.314 e. The predicted molar refractivity (Wildman–Crippen MR) is 77.1 cm³/mol. The van der Waals surface area contributed by atoms with E-state index in [1.807, 2.05) is 37.3 Å². The first kappa shape index (κ1) is 15.5. The van der Waals surface area contributed by atoms with Crippen LogP contribution in [0.1, 0.15) is 32.3 Å². The molecule has 0 radical (unpaired) electrons. The highest BCUT2D eigenvalue weighted by Gasteiger charge is 2.30. The molecule has 2 amide bonds. The van der Waals surface area contributed by atoms with Crippen molar-refractivity contribution in [2.45, 2.75) is 32.3 Å². The maximum absolute atomic E-state index is 11.6. The predicted octanol–water partition coefficient (Wildman–Crippen LogP) is 2.65. The quantitative estimate of drug-likeness (QED) is 0.795. The van der Waals surface area contributed by atoms with Crippen molar-refractivity contribution in [3.63, 3.8) is 0 Å². The van der Waals surface area contributed by atoms with Gasteiger partial charge in [0.2, 0.25) is 0 Å². The molecule has 0 saturated heterocycles. The molecule has 0 spiro atoms. The van der Waals surface area contributed by atoms with Gasteiger partial charge in [-0.1, -0.05) is 44.2 Å².